The molecule has 14 heteroatoms. The van der Waals surface area contributed by atoms with Crippen LogP contribution in [-0.4, -0.2) is 47.2 Å². The Bertz CT molecular complexity index is 1560. The highest BCUT2D eigenvalue weighted by atomic mass is 35.5. The zero-order chi connectivity index (χ0) is 26.3. The number of carbonyl (C=O) groups is 1. The third kappa shape index (κ3) is 4.84. The van der Waals surface area contributed by atoms with E-state index >= 15 is 0 Å². The van der Waals surface area contributed by atoms with Crippen LogP contribution in [0.15, 0.2) is 57.8 Å². The van der Waals surface area contributed by atoms with Gasteiger partial charge in [-0.2, -0.15) is 18.3 Å². The fourth-order valence-corrected chi connectivity index (χ4v) is 4.22. The van der Waals surface area contributed by atoms with E-state index in [0.29, 0.717) is 0 Å². The average molecular weight is 541 g/mol. The number of alkyl halides is 3. The maximum atomic E-state index is 13.7. The Morgan fingerprint density at radius 2 is 1.81 bits per heavy atom. The third-order valence-electron chi connectivity index (χ3n) is 4.87. The van der Waals surface area contributed by atoms with Crippen LogP contribution in [0.5, 0.6) is 0 Å². The van der Waals surface area contributed by atoms with Crippen molar-refractivity contribution in [2.45, 2.75) is 18.0 Å². The molecule has 188 valence electrons. The Labute approximate surface area is 207 Å². The van der Waals surface area contributed by atoms with Crippen molar-refractivity contribution in [3.05, 3.63) is 64.8 Å². The van der Waals surface area contributed by atoms with E-state index in [1.165, 1.54) is 43.3 Å². The fraction of sp³-hybridized carbons (Fsp3) is 0.182. The molecule has 0 aliphatic heterocycles. The van der Waals surface area contributed by atoms with Gasteiger partial charge in [0.05, 0.1) is 22.8 Å². The first kappa shape index (κ1) is 25.4. The lowest BCUT2D eigenvalue weighted by molar-refractivity contribution is -0.137. The number of carbonyl (C=O) groups excluding carboxylic acids is 1. The molecule has 0 radical (unpaired) electrons. The normalized spacial score (nSPS) is 12.1. The molecule has 0 bridgehead atoms. The van der Waals surface area contributed by atoms with Gasteiger partial charge in [0, 0.05) is 11.8 Å². The van der Waals surface area contributed by atoms with Crippen molar-refractivity contribution in [2.24, 2.45) is 0 Å². The van der Waals surface area contributed by atoms with Crippen LogP contribution in [0.4, 0.5) is 13.2 Å². The number of hydrogen-bond donors (Lipinski definition) is 0. The van der Waals surface area contributed by atoms with Crippen molar-refractivity contribution >= 4 is 27.4 Å². The Balaban J connectivity index is 1.92. The van der Waals surface area contributed by atoms with Crippen molar-refractivity contribution in [3.63, 3.8) is 0 Å². The Morgan fingerprint density at radius 3 is 2.47 bits per heavy atom. The number of para-hydroxylation sites is 1. The second kappa shape index (κ2) is 9.39. The van der Waals surface area contributed by atoms with Gasteiger partial charge >= 0.3 is 12.1 Å². The second-order valence-electron chi connectivity index (χ2n) is 7.37. The summed E-state index contributed by atoms with van der Waals surface area (Å²) < 4.78 is 76.4. The predicted octanol–water partition coefficient (Wildman–Crippen LogP) is 4.84. The molecule has 0 N–H and O–H groups in total. The number of esters is 1. The van der Waals surface area contributed by atoms with E-state index in [1.807, 2.05) is 0 Å². The van der Waals surface area contributed by atoms with Crippen molar-refractivity contribution in [3.8, 4) is 28.7 Å². The number of nitrogens with zero attached hydrogens (tertiary/aromatic N) is 4. The highest BCUT2D eigenvalue weighted by molar-refractivity contribution is 7.90. The second-order valence-corrected chi connectivity index (χ2v) is 9.76. The van der Waals surface area contributed by atoms with E-state index in [0.717, 1.165) is 23.1 Å². The molecule has 4 aromatic rings. The van der Waals surface area contributed by atoms with Gasteiger partial charge in [-0.1, -0.05) is 29.8 Å². The summed E-state index contributed by atoms with van der Waals surface area (Å²) in [5.74, 6) is -1.46. The van der Waals surface area contributed by atoms with Crippen molar-refractivity contribution in [1.82, 2.24) is 20.0 Å². The molecule has 0 unspecified atom stereocenters. The van der Waals surface area contributed by atoms with Crippen molar-refractivity contribution in [1.29, 1.82) is 0 Å². The summed E-state index contributed by atoms with van der Waals surface area (Å²) in [4.78, 5) is 12.4. The first-order valence-corrected chi connectivity index (χ1v) is 12.5. The first-order valence-electron chi connectivity index (χ1n) is 10.2. The van der Waals surface area contributed by atoms with Crippen molar-refractivity contribution in [2.75, 3.05) is 12.9 Å². The van der Waals surface area contributed by atoms with Gasteiger partial charge in [-0.05, 0) is 37.3 Å². The van der Waals surface area contributed by atoms with Crippen LogP contribution < -0.4 is 0 Å². The summed E-state index contributed by atoms with van der Waals surface area (Å²) in [6.07, 6.45) is -3.73. The highest BCUT2D eigenvalue weighted by Crippen LogP contribution is 2.39. The van der Waals surface area contributed by atoms with E-state index in [9.17, 15) is 26.4 Å². The molecule has 0 saturated carbocycles. The van der Waals surface area contributed by atoms with Crippen LogP contribution in [0.25, 0.3) is 28.7 Å². The molecule has 36 heavy (non-hydrogen) atoms. The first-order chi connectivity index (χ1) is 16.9. The Kier molecular flexibility index (Phi) is 6.62. The summed E-state index contributed by atoms with van der Waals surface area (Å²) in [5, 5.41) is 11.4. The number of rotatable bonds is 6. The Morgan fingerprint density at radius 1 is 1.11 bits per heavy atom. The topological polar surface area (TPSA) is 117 Å². The molecule has 0 aliphatic rings. The number of ether oxygens (including phenoxy) is 1. The van der Waals surface area contributed by atoms with Crippen LogP contribution in [-0.2, 0) is 20.8 Å². The van der Waals surface area contributed by atoms with Crippen LogP contribution in [0.3, 0.4) is 0 Å². The zero-order valence-electron chi connectivity index (χ0n) is 18.6. The number of halogens is 4. The third-order valence-corrected chi connectivity index (χ3v) is 6.34. The molecule has 0 saturated heterocycles. The smallest absolute Gasteiger partial charge is 0.418 e. The summed E-state index contributed by atoms with van der Waals surface area (Å²) in [6.45, 7) is 1.51. The van der Waals surface area contributed by atoms with E-state index in [4.69, 9.17) is 20.8 Å². The summed E-state index contributed by atoms with van der Waals surface area (Å²) in [6, 6.07) is 10.2. The monoisotopic (exact) mass is 540 g/mol. The van der Waals surface area contributed by atoms with E-state index in [2.05, 4.69) is 15.3 Å². The highest BCUT2D eigenvalue weighted by Gasteiger charge is 2.36. The van der Waals surface area contributed by atoms with E-state index in [-0.39, 0.29) is 39.6 Å². The maximum absolute atomic E-state index is 13.7. The molecule has 0 atom stereocenters. The molecule has 0 spiro atoms. The molecule has 4 rings (SSSR count). The molecular formula is C22H16ClF3N4O5S. The standard InChI is InChI=1S/C22H16ClF3N4O5S/c1-3-34-21(31)17-16(23)18(30(29-17)15-10-5-4-9-14(15)22(24,25)26)20-28-27-19(35-20)12-7-6-8-13(11-12)36(2,32)33/h4-11H,3H2,1-2H3. The summed E-state index contributed by atoms with van der Waals surface area (Å²) >= 11 is 6.38. The van der Waals surface area contributed by atoms with E-state index in [1.54, 1.807) is 0 Å². The van der Waals surface area contributed by atoms with Crippen LogP contribution in [0.1, 0.15) is 23.0 Å². The number of sulfone groups is 1. The minimum atomic E-state index is -4.76. The van der Waals surface area contributed by atoms with Crippen molar-refractivity contribution < 1.29 is 35.5 Å². The summed E-state index contributed by atoms with van der Waals surface area (Å²) in [5.41, 5.74) is -2.00. The molecular weight excluding hydrogens is 525 g/mol. The quantitative estimate of drug-likeness (QED) is 0.319. The van der Waals surface area contributed by atoms with Gasteiger partial charge < -0.3 is 9.15 Å². The van der Waals surface area contributed by atoms with E-state index < -0.39 is 38.9 Å². The van der Waals surface area contributed by atoms with Gasteiger partial charge in [-0.25, -0.2) is 17.9 Å². The van der Waals surface area contributed by atoms with Gasteiger partial charge in [0.2, 0.25) is 5.89 Å². The predicted molar refractivity (Wildman–Crippen MR) is 121 cm³/mol. The lowest BCUT2D eigenvalue weighted by atomic mass is 10.1. The van der Waals surface area contributed by atoms with Gasteiger partial charge in [0.1, 0.15) is 5.02 Å². The molecule has 0 amide bonds. The number of benzene rings is 2. The SMILES string of the molecule is CCOC(=O)c1nn(-c2ccccc2C(F)(F)F)c(-c2nnc(-c3cccc(S(C)(=O)=O)c3)o2)c1Cl. The zero-order valence-corrected chi connectivity index (χ0v) is 20.1. The summed E-state index contributed by atoms with van der Waals surface area (Å²) in [7, 11) is -3.54. The average Bonchev–Trinajstić information content (AvgIpc) is 3.43. The lowest BCUT2D eigenvalue weighted by Crippen LogP contribution is -2.13. The number of hydrogen-bond acceptors (Lipinski definition) is 8. The van der Waals surface area contributed by atoms with Crippen LogP contribution >= 0.6 is 11.6 Å². The van der Waals surface area contributed by atoms with Gasteiger partial charge in [0.25, 0.3) is 5.89 Å². The molecule has 2 aromatic heterocycles. The largest absolute Gasteiger partial charge is 0.461 e. The molecule has 9 nitrogen and oxygen atoms in total. The molecule has 2 aromatic carbocycles. The maximum Gasteiger partial charge on any atom is 0.418 e. The molecule has 0 aliphatic carbocycles. The van der Waals surface area contributed by atoms with Gasteiger partial charge in [-0.15, -0.1) is 10.2 Å². The minimum Gasteiger partial charge on any atom is -0.461 e. The fourth-order valence-electron chi connectivity index (χ4n) is 3.28. The van der Waals surface area contributed by atoms with Gasteiger partial charge in [0.15, 0.2) is 21.2 Å². The molecule has 2 heterocycles. The Hall–Kier alpha value is -3.71. The van der Waals surface area contributed by atoms with Gasteiger partial charge in [-0.3, -0.25) is 0 Å². The lowest BCUT2D eigenvalue weighted by Gasteiger charge is -2.13. The number of aromatic nitrogens is 4. The van der Waals surface area contributed by atoms with Crippen LogP contribution in [0.2, 0.25) is 5.02 Å². The molecule has 0 fully saturated rings. The van der Waals surface area contributed by atoms with Crippen LogP contribution in [0, 0.1) is 0 Å². The minimum absolute atomic E-state index is 0.00785.